The van der Waals surface area contributed by atoms with Crippen molar-refractivity contribution in [3.8, 4) is 0 Å². The molecule has 1 atom stereocenters. The Morgan fingerprint density at radius 2 is 2.11 bits per heavy atom. The van der Waals surface area contributed by atoms with Crippen molar-refractivity contribution in [2.45, 2.75) is 26.8 Å². The number of nitrogens with two attached hydrogens (primary N) is 2. The minimum absolute atomic E-state index is 0.0181. The summed E-state index contributed by atoms with van der Waals surface area (Å²) in [7, 11) is 0. The van der Waals surface area contributed by atoms with E-state index in [1.54, 1.807) is 10.8 Å². The van der Waals surface area contributed by atoms with E-state index in [1.165, 1.54) is 0 Å². The first kappa shape index (κ1) is 12.3. The number of aryl methyl sites for hydroxylation is 1. The van der Waals surface area contributed by atoms with Crippen molar-refractivity contribution in [1.29, 1.82) is 0 Å². The fourth-order valence-electron chi connectivity index (χ4n) is 2.16. The number of aromatic nitrogens is 3. The van der Waals surface area contributed by atoms with Gasteiger partial charge < -0.3 is 11.5 Å². The van der Waals surface area contributed by atoms with Crippen LogP contribution in [0.1, 0.15) is 25.5 Å². The molecule has 4 N–H and O–H groups in total. The standard InChI is InChI=1S/C12H17N5O/c1-6(2)9(10(13)18)17-11-8(16-12(17)14)7(3)4-5-15-11/h4-6,9H,1-3H3,(H2,13,18)(H2,14,16). The second kappa shape index (κ2) is 4.29. The molecule has 0 aliphatic rings. The Bertz CT molecular complexity index is 602. The third-order valence-electron chi connectivity index (χ3n) is 3.01. The number of rotatable bonds is 3. The molecule has 0 aliphatic heterocycles. The minimum atomic E-state index is -0.538. The molecular weight excluding hydrogens is 230 g/mol. The summed E-state index contributed by atoms with van der Waals surface area (Å²) in [6.45, 7) is 5.75. The zero-order valence-electron chi connectivity index (χ0n) is 10.7. The third-order valence-corrected chi connectivity index (χ3v) is 3.01. The molecule has 96 valence electrons. The Morgan fingerprint density at radius 3 is 2.67 bits per heavy atom. The molecule has 1 unspecified atom stereocenters. The third kappa shape index (κ3) is 1.79. The van der Waals surface area contributed by atoms with Crippen LogP contribution in [0.2, 0.25) is 0 Å². The maximum Gasteiger partial charge on any atom is 0.240 e. The zero-order chi connectivity index (χ0) is 13.4. The Hall–Kier alpha value is -2.11. The van der Waals surface area contributed by atoms with Crippen LogP contribution in [0.25, 0.3) is 11.2 Å². The van der Waals surface area contributed by atoms with Crippen molar-refractivity contribution in [2.75, 3.05) is 5.73 Å². The number of anilines is 1. The van der Waals surface area contributed by atoms with Gasteiger partial charge in [-0.05, 0) is 24.5 Å². The molecule has 2 heterocycles. The lowest BCUT2D eigenvalue weighted by Crippen LogP contribution is -2.31. The van der Waals surface area contributed by atoms with E-state index in [-0.39, 0.29) is 11.9 Å². The van der Waals surface area contributed by atoms with Crippen molar-refractivity contribution in [3.05, 3.63) is 17.8 Å². The van der Waals surface area contributed by atoms with Crippen LogP contribution >= 0.6 is 0 Å². The summed E-state index contributed by atoms with van der Waals surface area (Å²) >= 11 is 0. The fraction of sp³-hybridized carbons (Fsp3) is 0.417. The summed E-state index contributed by atoms with van der Waals surface area (Å²) in [4.78, 5) is 20.1. The molecule has 0 saturated heterocycles. The molecule has 0 aromatic carbocycles. The van der Waals surface area contributed by atoms with Gasteiger partial charge in [0, 0.05) is 6.20 Å². The molecule has 0 spiro atoms. The predicted molar refractivity (Wildman–Crippen MR) is 69.7 cm³/mol. The van der Waals surface area contributed by atoms with E-state index >= 15 is 0 Å². The van der Waals surface area contributed by atoms with Gasteiger partial charge in [0.25, 0.3) is 0 Å². The maximum atomic E-state index is 11.6. The second-order valence-corrected chi connectivity index (χ2v) is 4.73. The molecule has 2 rings (SSSR count). The van der Waals surface area contributed by atoms with Gasteiger partial charge in [0.15, 0.2) is 5.65 Å². The molecule has 2 aromatic heterocycles. The molecule has 0 fully saturated rings. The largest absolute Gasteiger partial charge is 0.369 e. The molecule has 2 aromatic rings. The van der Waals surface area contributed by atoms with Crippen LogP contribution in [0.4, 0.5) is 5.95 Å². The van der Waals surface area contributed by atoms with E-state index in [1.807, 2.05) is 26.8 Å². The lowest BCUT2D eigenvalue weighted by molar-refractivity contribution is -0.122. The van der Waals surface area contributed by atoms with Gasteiger partial charge in [-0.2, -0.15) is 0 Å². The number of pyridine rings is 1. The van der Waals surface area contributed by atoms with Gasteiger partial charge in [-0.25, -0.2) is 9.97 Å². The zero-order valence-corrected chi connectivity index (χ0v) is 10.7. The van der Waals surface area contributed by atoms with Gasteiger partial charge in [-0.1, -0.05) is 13.8 Å². The summed E-state index contributed by atoms with van der Waals surface area (Å²) in [5, 5.41) is 0. The van der Waals surface area contributed by atoms with Crippen LogP contribution in [0.5, 0.6) is 0 Å². The van der Waals surface area contributed by atoms with Crippen LogP contribution < -0.4 is 11.5 Å². The lowest BCUT2D eigenvalue weighted by atomic mass is 10.0. The number of fused-ring (bicyclic) bond motifs is 1. The highest BCUT2D eigenvalue weighted by atomic mass is 16.1. The topological polar surface area (TPSA) is 99.8 Å². The number of nitrogen functional groups attached to an aromatic ring is 1. The molecule has 0 bridgehead atoms. The van der Waals surface area contributed by atoms with Crippen LogP contribution in [-0.4, -0.2) is 20.4 Å². The predicted octanol–water partition coefficient (Wildman–Crippen LogP) is 1.00. The van der Waals surface area contributed by atoms with Gasteiger partial charge in [0.1, 0.15) is 11.6 Å². The number of carbonyl (C=O) groups is 1. The second-order valence-electron chi connectivity index (χ2n) is 4.73. The number of hydrogen-bond donors (Lipinski definition) is 2. The van der Waals surface area contributed by atoms with Crippen LogP contribution in [-0.2, 0) is 4.79 Å². The van der Waals surface area contributed by atoms with E-state index in [4.69, 9.17) is 11.5 Å². The number of hydrogen-bond acceptors (Lipinski definition) is 4. The van der Waals surface area contributed by atoms with Gasteiger partial charge in [-0.15, -0.1) is 0 Å². The van der Waals surface area contributed by atoms with Crippen molar-refractivity contribution >= 4 is 23.0 Å². The molecule has 6 heteroatoms. The summed E-state index contributed by atoms with van der Waals surface area (Å²) < 4.78 is 1.62. The minimum Gasteiger partial charge on any atom is -0.369 e. The van der Waals surface area contributed by atoms with E-state index < -0.39 is 11.9 Å². The molecule has 1 amide bonds. The average Bonchev–Trinajstić information content (AvgIpc) is 2.57. The highest BCUT2D eigenvalue weighted by Gasteiger charge is 2.26. The number of carbonyl (C=O) groups excluding carboxylic acids is 1. The van der Waals surface area contributed by atoms with Crippen LogP contribution in [0, 0.1) is 12.8 Å². The Kier molecular flexibility index (Phi) is 2.94. The first-order valence-electron chi connectivity index (χ1n) is 5.81. The molecule has 0 radical (unpaired) electrons. The number of primary amides is 1. The fourth-order valence-corrected chi connectivity index (χ4v) is 2.16. The summed E-state index contributed by atoms with van der Waals surface area (Å²) in [5.74, 6) is -0.145. The van der Waals surface area contributed by atoms with E-state index in [0.717, 1.165) is 5.56 Å². The molecule has 6 nitrogen and oxygen atoms in total. The molecular formula is C12H17N5O. The highest BCUT2D eigenvalue weighted by Crippen LogP contribution is 2.27. The Labute approximate surface area is 105 Å². The number of amides is 1. The summed E-state index contributed by atoms with van der Waals surface area (Å²) in [6.07, 6.45) is 1.67. The normalized spacial score (nSPS) is 13.1. The van der Waals surface area contributed by atoms with E-state index in [2.05, 4.69) is 9.97 Å². The summed E-state index contributed by atoms with van der Waals surface area (Å²) in [5.41, 5.74) is 13.6. The quantitative estimate of drug-likeness (QED) is 0.845. The van der Waals surface area contributed by atoms with Crippen LogP contribution in [0.3, 0.4) is 0 Å². The Balaban J connectivity index is 2.74. The van der Waals surface area contributed by atoms with Gasteiger partial charge in [-0.3, -0.25) is 9.36 Å². The first-order chi connectivity index (χ1) is 8.43. The monoisotopic (exact) mass is 247 g/mol. The maximum absolute atomic E-state index is 11.6. The summed E-state index contributed by atoms with van der Waals surface area (Å²) in [6, 6.07) is 1.32. The highest BCUT2D eigenvalue weighted by molar-refractivity contribution is 5.84. The van der Waals surface area contributed by atoms with Crippen LogP contribution in [0.15, 0.2) is 12.3 Å². The van der Waals surface area contributed by atoms with Crippen molar-refractivity contribution in [3.63, 3.8) is 0 Å². The SMILES string of the molecule is Cc1ccnc2c1nc(N)n2C(C(N)=O)C(C)C. The first-order valence-corrected chi connectivity index (χ1v) is 5.81. The molecule has 0 aliphatic carbocycles. The number of nitrogens with zero attached hydrogens (tertiary/aromatic N) is 3. The van der Waals surface area contributed by atoms with E-state index in [9.17, 15) is 4.79 Å². The van der Waals surface area contributed by atoms with Crippen molar-refractivity contribution < 1.29 is 4.79 Å². The lowest BCUT2D eigenvalue weighted by Gasteiger charge is -2.20. The smallest absolute Gasteiger partial charge is 0.240 e. The van der Waals surface area contributed by atoms with Gasteiger partial charge in [0.05, 0.1) is 0 Å². The van der Waals surface area contributed by atoms with Crippen molar-refractivity contribution in [1.82, 2.24) is 14.5 Å². The van der Waals surface area contributed by atoms with E-state index in [0.29, 0.717) is 11.2 Å². The number of imidazole rings is 1. The van der Waals surface area contributed by atoms with Crippen molar-refractivity contribution in [2.24, 2.45) is 11.7 Å². The van der Waals surface area contributed by atoms with Gasteiger partial charge >= 0.3 is 0 Å². The van der Waals surface area contributed by atoms with Gasteiger partial charge in [0.2, 0.25) is 11.9 Å². The Morgan fingerprint density at radius 1 is 1.44 bits per heavy atom. The molecule has 18 heavy (non-hydrogen) atoms. The molecule has 0 saturated carbocycles. The average molecular weight is 247 g/mol.